The Labute approximate surface area is 145 Å². The molecule has 0 atom stereocenters. The number of carbonyl (C=O) groups excluding carboxylic acids is 1. The molecule has 0 aliphatic carbocycles. The van der Waals surface area contributed by atoms with Crippen molar-refractivity contribution < 1.29 is 4.79 Å². The van der Waals surface area contributed by atoms with Gasteiger partial charge in [-0.1, -0.05) is 30.2 Å². The summed E-state index contributed by atoms with van der Waals surface area (Å²) in [5.41, 5.74) is 1.60. The van der Waals surface area contributed by atoms with E-state index in [2.05, 4.69) is 20.6 Å². The highest BCUT2D eigenvalue weighted by Gasteiger charge is 2.13. The maximum Gasteiger partial charge on any atom is 0.253 e. The third kappa shape index (κ3) is 4.53. The maximum absolute atomic E-state index is 12.1. The molecule has 2 aromatic rings. The zero-order valence-electron chi connectivity index (χ0n) is 12.9. The summed E-state index contributed by atoms with van der Waals surface area (Å²) in [7, 11) is 0. The molecule has 6 heteroatoms. The van der Waals surface area contributed by atoms with E-state index in [0.717, 1.165) is 30.3 Å². The summed E-state index contributed by atoms with van der Waals surface area (Å²) in [5.74, 6) is -0.164. The number of likely N-dealkylation sites (tertiary alicyclic amines) is 1. The van der Waals surface area contributed by atoms with Crippen molar-refractivity contribution >= 4 is 28.8 Å². The van der Waals surface area contributed by atoms with Crippen molar-refractivity contribution in [3.63, 3.8) is 0 Å². The molecule has 1 aromatic carbocycles. The summed E-state index contributed by atoms with van der Waals surface area (Å²) >= 11 is 7.63. The van der Waals surface area contributed by atoms with E-state index in [1.54, 1.807) is 29.5 Å². The molecule has 0 unspecified atom stereocenters. The number of piperidine rings is 1. The molecule has 122 valence electrons. The summed E-state index contributed by atoms with van der Waals surface area (Å²) in [4.78, 5) is 19.2. The molecule has 0 bridgehead atoms. The molecule has 1 aliphatic heterocycles. The number of amides is 1. The average Bonchev–Trinajstić information content (AvgIpc) is 3.01. The minimum atomic E-state index is -0.164. The Bertz CT molecular complexity index is 667. The fourth-order valence-corrected chi connectivity index (χ4v) is 3.69. The van der Waals surface area contributed by atoms with Crippen LogP contribution in [0, 0.1) is 0 Å². The first-order valence-electron chi connectivity index (χ1n) is 7.91. The molecule has 23 heavy (non-hydrogen) atoms. The van der Waals surface area contributed by atoms with Crippen LogP contribution in [0.3, 0.4) is 0 Å². The van der Waals surface area contributed by atoms with Gasteiger partial charge in [0.05, 0.1) is 22.8 Å². The number of hydrogen-bond donors (Lipinski definition) is 1. The lowest BCUT2D eigenvalue weighted by atomic mass is 10.1. The highest BCUT2D eigenvalue weighted by molar-refractivity contribution is 7.09. The Morgan fingerprint density at radius 1 is 1.26 bits per heavy atom. The lowest BCUT2D eigenvalue weighted by Crippen LogP contribution is -2.29. The fraction of sp³-hybridized carbons (Fsp3) is 0.412. The van der Waals surface area contributed by atoms with Gasteiger partial charge in [0, 0.05) is 11.9 Å². The van der Waals surface area contributed by atoms with Gasteiger partial charge in [0.1, 0.15) is 5.01 Å². The van der Waals surface area contributed by atoms with E-state index in [0.29, 0.717) is 17.1 Å². The Morgan fingerprint density at radius 3 is 2.83 bits per heavy atom. The van der Waals surface area contributed by atoms with E-state index < -0.39 is 0 Å². The van der Waals surface area contributed by atoms with Crippen LogP contribution in [-0.4, -0.2) is 28.9 Å². The van der Waals surface area contributed by atoms with Crippen molar-refractivity contribution in [3.05, 3.63) is 50.9 Å². The first-order valence-corrected chi connectivity index (χ1v) is 9.16. The first-order chi connectivity index (χ1) is 11.2. The van der Waals surface area contributed by atoms with Gasteiger partial charge in [-0.2, -0.15) is 0 Å². The topological polar surface area (TPSA) is 45.2 Å². The minimum absolute atomic E-state index is 0.164. The van der Waals surface area contributed by atoms with Crippen LogP contribution in [0.5, 0.6) is 0 Å². The number of hydrogen-bond acceptors (Lipinski definition) is 4. The number of halogens is 1. The zero-order valence-corrected chi connectivity index (χ0v) is 14.5. The van der Waals surface area contributed by atoms with Gasteiger partial charge in [-0.05, 0) is 38.1 Å². The minimum Gasteiger partial charge on any atom is -0.345 e. The molecule has 1 amide bonds. The zero-order chi connectivity index (χ0) is 16.1. The van der Waals surface area contributed by atoms with Crippen molar-refractivity contribution in [1.82, 2.24) is 15.2 Å². The van der Waals surface area contributed by atoms with Crippen LogP contribution in [-0.2, 0) is 13.1 Å². The largest absolute Gasteiger partial charge is 0.345 e. The van der Waals surface area contributed by atoms with Crippen molar-refractivity contribution in [2.75, 3.05) is 13.1 Å². The van der Waals surface area contributed by atoms with Crippen molar-refractivity contribution in [2.24, 2.45) is 0 Å². The van der Waals surface area contributed by atoms with Crippen molar-refractivity contribution in [3.8, 4) is 0 Å². The molecule has 4 nitrogen and oxygen atoms in total. The Hall–Kier alpha value is -1.43. The molecule has 2 heterocycles. The van der Waals surface area contributed by atoms with Gasteiger partial charge in [0.25, 0.3) is 5.91 Å². The van der Waals surface area contributed by atoms with Crippen LogP contribution in [0.15, 0.2) is 29.6 Å². The maximum atomic E-state index is 12.1. The van der Waals surface area contributed by atoms with Crippen LogP contribution in [0.4, 0.5) is 0 Å². The van der Waals surface area contributed by atoms with Crippen LogP contribution in [0.25, 0.3) is 0 Å². The molecular formula is C17H20ClN3OS. The molecule has 3 rings (SSSR count). The van der Waals surface area contributed by atoms with Gasteiger partial charge in [-0.3, -0.25) is 9.69 Å². The quantitative estimate of drug-likeness (QED) is 0.894. The van der Waals surface area contributed by atoms with E-state index in [1.807, 2.05) is 6.07 Å². The molecule has 0 saturated carbocycles. The highest BCUT2D eigenvalue weighted by Crippen LogP contribution is 2.17. The molecule has 1 fully saturated rings. The second-order valence-electron chi connectivity index (χ2n) is 5.73. The monoisotopic (exact) mass is 349 g/mol. The SMILES string of the molecule is O=C(NCc1nc(CN2CCCCC2)cs1)c1ccccc1Cl. The Kier molecular flexibility index (Phi) is 5.65. The average molecular weight is 350 g/mol. The molecule has 0 spiro atoms. The number of benzene rings is 1. The Balaban J connectivity index is 1.53. The number of nitrogens with one attached hydrogen (secondary N) is 1. The van der Waals surface area contributed by atoms with E-state index in [9.17, 15) is 4.79 Å². The second-order valence-corrected chi connectivity index (χ2v) is 7.08. The molecule has 0 radical (unpaired) electrons. The van der Waals surface area contributed by atoms with Crippen molar-refractivity contribution in [1.29, 1.82) is 0 Å². The van der Waals surface area contributed by atoms with Crippen LogP contribution >= 0.6 is 22.9 Å². The predicted octanol–water partition coefficient (Wildman–Crippen LogP) is 3.71. The van der Waals surface area contributed by atoms with Gasteiger partial charge in [0.15, 0.2) is 0 Å². The summed E-state index contributed by atoms with van der Waals surface area (Å²) in [6, 6.07) is 7.06. The standard InChI is InChI=1S/C17H20ClN3OS/c18-15-7-3-2-6-14(15)17(22)19-10-16-20-13(12-23-16)11-21-8-4-1-5-9-21/h2-3,6-7,12H,1,4-5,8-11H2,(H,19,22). The van der Waals surface area contributed by atoms with Gasteiger partial charge >= 0.3 is 0 Å². The highest BCUT2D eigenvalue weighted by atomic mass is 35.5. The molecule has 1 aromatic heterocycles. The number of thiazole rings is 1. The van der Waals surface area contributed by atoms with E-state index in [-0.39, 0.29) is 5.91 Å². The Morgan fingerprint density at radius 2 is 2.04 bits per heavy atom. The molecular weight excluding hydrogens is 330 g/mol. The third-order valence-electron chi connectivity index (χ3n) is 3.95. The fourth-order valence-electron chi connectivity index (χ4n) is 2.75. The predicted molar refractivity (Wildman–Crippen MR) is 93.9 cm³/mol. The second kappa shape index (κ2) is 7.90. The summed E-state index contributed by atoms with van der Waals surface area (Å²) in [5, 5.41) is 6.37. The number of rotatable bonds is 5. The van der Waals surface area contributed by atoms with Crippen LogP contribution < -0.4 is 5.32 Å². The van der Waals surface area contributed by atoms with Gasteiger partial charge in [-0.15, -0.1) is 11.3 Å². The summed E-state index contributed by atoms with van der Waals surface area (Å²) < 4.78 is 0. The summed E-state index contributed by atoms with van der Waals surface area (Å²) in [6.45, 7) is 3.68. The normalized spacial score (nSPS) is 15.5. The van der Waals surface area contributed by atoms with E-state index >= 15 is 0 Å². The van der Waals surface area contributed by atoms with E-state index in [4.69, 9.17) is 11.6 Å². The lowest BCUT2D eigenvalue weighted by Gasteiger charge is -2.25. The summed E-state index contributed by atoms with van der Waals surface area (Å²) in [6.07, 6.45) is 3.91. The van der Waals surface area contributed by atoms with Gasteiger partial charge in [-0.25, -0.2) is 4.98 Å². The molecule has 1 saturated heterocycles. The number of carbonyl (C=O) groups is 1. The molecule has 1 N–H and O–H groups in total. The smallest absolute Gasteiger partial charge is 0.253 e. The van der Waals surface area contributed by atoms with Gasteiger partial charge < -0.3 is 5.32 Å². The molecule has 1 aliphatic rings. The number of aromatic nitrogens is 1. The van der Waals surface area contributed by atoms with Crippen LogP contribution in [0.2, 0.25) is 5.02 Å². The van der Waals surface area contributed by atoms with Gasteiger partial charge in [0.2, 0.25) is 0 Å². The van der Waals surface area contributed by atoms with Crippen LogP contribution in [0.1, 0.15) is 40.3 Å². The third-order valence-corrected chi connectivity index (χ3v) is 5.18. The van der Waals surface area contributed by atoms with E-state index in [1.165, 1.54) is 19.3 Å². The first kappa shape index (κ1) is 16.4. The van der Waals surface area contributed by atoms with Crippen molar-refractivity contribution in [2.45, 2.75) is 32.4 Å². The lowest BCUT2D eigenvalue weighted by molar-refractivity contribution is 0.0951. The number of nitrogens with zero attached hydrogens (tertiary/aromatic N) is 2.